The van der Waals surface area contributed by atoms with Crippen LogP contribution in [0.25, 0.3) is 0 Å². The summed E-state index contributed by atoms with van der Waals surface area (Å²) in [7, 11) is 0. The third-order valence-electron chi connectivity index (χ3n) is 3.04. The molecule has 2 atom stereocenters. The van der Waals surface area contributed by atoms with Crippen LogP contribution in [-0.4, -0.2) is 33.9 Å². The predicted octanol–water partition coefficient (Wildman–Crippen LogP) is 0.814. The molecule has 2 N–H and O–H groups in total. The Balaban J connectivity index is 1.71. The van der Waals surface area contributed by atoms with E-state index >= 15 is 0 Å². The van der Waals surface area contributed by atoms with Gasteiger partial charge in [-0.15, -0.1) is 0 Å². The monoisotopic (exact) mass is 225 g/mol. The van der Waals surface area contributed by atoms with Crippen molar-refractivity contribution in [3.8, 4) is 0 Å². The Kier molecular flexibility index (Phi) is 3.90. The molecule has 0 bridgehead atoms. The van der Waals surface area contributed by atoms with E-state index in [1.165, 1.54) is 6.42 Å². The maximum Gasteiger partial charge on any atom is 0.227 e. The Hall–Kier alpha value is -0.940. The number of hydrogen-bond acceptors (Lipinski definition) is 5. The Morgan fingerprint density at radius 1 is 1.44 bits per heavy atom. The van der Waals surface area contributed by atoms with E-state index in [0.717, 1.165) is 32.2 Å². The highest BCUT2D eigenvalue weighted by Gasteiger charge is 2.22. The molecule has 0 unspecified atom stereocenters. The second-order valence-corrected chi connectivity index (χ2v) is 4.40. The molecule has 0 saturated heterocycles. The third-order valence-corrected chi connectivity index (χ3v) is 3.04. The number of aryl methyl sites for hydroxylation is 1. The maximum absolute atomic E-state index is 9.76. The Morgan fingerprint density at radius 2 is 2.25 bits per heavy atom. The molecular weight excluding hydrogens is 206 g/mol. The zero-order valence-electron chi connectivity index (χ0n) is 9.65. The van der Waals surface area contributed by atoms with Gasteiger partial charge in [-0.1, -0.05) is 18.0 Å². The SMILES string of the molecule is Cc1noc(CCN[C@@H]2CCCC[C@H]2O)n1. The maximum atomic E-state index is 9.76. The topological polar surface area (TPSA) is 71.2 Å². The molecule has 1 saturated carbocycles. The van der Waals surface area contributed by atoms with E-state index in [0.29, 0.717) is 11.7 Å². The van der Waals surface area contributed by atoms with Crippen molar-refractivity contribution in [2.24, 2.45) is 0 Å². The Morgan fingerprint density at radius 3 is 2.94 bits per heavy atom. The first kappa shape index (κ1) is 11.5. The van der Waals surface area contributed by atoms with E-state index < -0.39 is 0 Å². The van der Waals surface area contributed by atoms with E-state index in [1.807, 2.05) is 6.92 Å². The Bertz CT molecular complexity index is 327. The van der Waals surface area contributed by atoms with E-state index in [9.17, 15) is 5.11 Å². The molecule has 1 aliphatic carbocycles. The predicted molar refractivity (Wildman–Crippen MR) is 59.0 cm³/mol. The number of aliphatic hydroxyl groups is 1. The van der Waals surface area contributed by atoms with Crippen LogP contribution >= 0.6 is 0 Å². The second kappa shape index (κ2) is 5.41. The zero-order chi connectivity index (χ0) is 11.4. The summed E-state index contributed by atoms with van der Waals surface area (Å²) in [6.45, 7) is 2.59. The summed E-state index contributed by atoms with van der Waals surface area (Å²) >= 11 is 0. The first-order chi connectivity index (χ1) is 7.75. The van der Waals surface area contributed by atoms with E-state index in [4.69, 9.17) is 4.52 Å². The average Bonchev–Trinajstić information content (AvgIpc) is 2.67. The fourth-order valence-corrected chi connectivity index (χ4v) is 2.16. The molecule has 1 fully saturated rings. The van der Waals surface area contributed by atoms with Gasteiger partial charge in [0.1, 0.15) is 0 Å². The lowest BCUT2D eigenvalue weighted by Crippen LogP contribution is -2.42. The number of hydrogen-bond donors (Lipinski definition) is 2. The quantitative estimate of drug-likeness (QED) is 0.793. The van der Waals surface area contributed by atoms with Gasteiger partial charge >= 0.3 is 0 Å². The number of nitrogens with one attached hydrogen (secondary N) is 1. The second-order valence-electron chi connectivity index (χ2n) is 4.40. The smallest absolute Gasteiger partial charge is 0.227 e. The van der Waals surface area contributed by atoms with E-state index in [2.05, 4.69) is 15.5 Å². The lowest BCUT2D eigenvalue weighted by atomic mass is 9.92. The van der Waals surface area contributed by atoms with Gasteiger partial charge in [0.05, 0.1) is 6.10 Å². The van der Waals surface area contributed by atoms with Gasteiger partial charge < -0.3 is 14.9 Å². The summed E-state index contributed by atoms with van der Waals surface area (Å²) in [6, 6.07) is 0.234. The molecule has 1 aromatic heterocycles. The average molecular weight is 225 g/mol. The van der Waals surface area contributed by atoms with Crippen LogP contribution < -0.4 is 5.32 Å². The number of aliphatic hydroxyl groups excluding tert-OH is 1. The minimum Gasteiger partial charge on any atom is -0.392 e. The molecule has 2 rings (SSSR count). The minimum absolute atomic E-state index is 0.196. The molecule has 1 aromatic rings. The van der Waals surface area contributed by atoms with Crippen molar-refractivity contribution in [2.45, 2.75) is 51.2 Å². The van der Waals surface area contributed by atoms with Crippen molar-refractivity contribution in [3.05, 3.63) is 11.7 Å². The van der Waals surface area contributed by atoms with Crippen LogP contribution in [0.2, 0.25) is 0 Å². The van der Waals surface area contributed by atoms with Crippen molar-refractivity contribution < 1.29 is 9.63 Å². The molecule has 0 spiro atoms. The van der Waals surface area contributed by atoms with Crippen LogP contribution in [0, 0.1) is 6.92 Å². The van der Waals surface area contributed by atoms with Crippen molar-refractivity contribution in [3.63, 3.8) is 0 Å². The van der Waals surface area contributed by atoms with Crippen LogP contribution in [0.15, 0.2) is 4.52 Å². The zero-order valence-corrected chi connectivity index (χ0v) is 9.65. The molecule has 5 nitrogen and oxygen atoms in total. The summed E-state index contributed by atoms with van der Waals surface area (Å²) in [5.74, 6) is 1.34. The third kappa shape index (κ3) is 3.02. The Labute approximate surface area is 95.2 Å². The lowest BCUT2D eigenvalue weighted by Gasteiger charge is -2.28. The number of nitrogens with zero attached hydrogens (tertiary/aromatic N) is 2. The van der Waals surface area contributed by atoms with Gasteiger partial charge in [0.15, 0.2) is 5.82 Å². The van der Waals surface area contributed by atoms with Crippen LogP contribution in [-0.2, 0) is 6.42 Å². The highest BCUT2D eigenvalue weighted by Crippen LogP contribution is 2.18. The number of rotatable bonds is 4. The minimum atomic E-state index is -0.196. The fraction of sp³-hybridized carbons (Fsp3) is 0.818. The van der Waals surface area contributed by atoms with Gasteiger partial charge in [0, 0.05) is 19.0 Å². The molecule has 1 heterocycles. The number of aromatic nitrogens is 2. The van der Waals surface area contributed by atoms with Gasteiger partial charge in [-0.25, -0.2) is 0 Å². The fourth-order valence-electron chi connectivity index (χ4n) is 2.16. The van der Waals surface area contributed by atoms with E-state index in [-0.39, 0.29) is 12.1 Å². The van der Waals surface area contributed by atoms with Crippen molar-refractivity contribution in [1.29, 1.82) is 0 Å². The van der Waals surface area contributed by atoms with Gasteiger partial charge in [0.25, 0.3) is 0 Å². The molecular formula is C11H19N3O2. The van der Waals surface area contributed by atoms with Gasteiger partial charge in [-0.3, -0.25) is 0 Å². The summed E-state index contributed by atoms with van der Waals surface area (Å²) < 4.78 is 5.02. The summed E-state index contributed by atoms with van der Waals surface area (Å²) in [4.78, 5) is 4.13. The molecule has 0 aromatic carbocycles. The molecule has 90 valence electrons. The first-order valence-corrected chi connectivity index (χ1v) is 5.96. The summed E-state index contributed by atoms with van der Waals surface area (Å²) in [6.07, 6.45) is 4.85. The van der Waals surface area contributed by atoms with Crippen LogP contribution in [0.5, 0.6) is 0 Å². The molecule has 0 amide bonds. The van der Waals surface area contributed by atoms with Crippen molar-refractivity contribution in [1.82, 2.24) is 15.5 Å². The van der Waals surface area contributed by atoms with Crippen molar-refractivity contribution in [2.75, 3.05) is 6.54 Å². The molecule has 0 aliphatic heterocycles. The highest BCUT2D eigenvalue weighted by molar-refractivity contribution is 4.85. The van der Waals surface area contributed by atoms with Crippen molar-refractivity contribution >= 4 is 0 Å². The van der Waals surface area contributed by atoms with Crippen LogP contribution in [0.1, 0.15) is 37.4 Å². The van der Waals surface area contributed by atoms with E-state index in [1.54, 1.807) is 0 Å². The van der Waals surface area contributed by atoms with Gasteiger partial charge in [0.2, 0.25) is 5.89 Å². The highest BCUT2D eigenvalue weighted by atomic mass is 16.5. The normalized spacial score (nSPS) is 25.9. The van der Waals surface area contributed by atoms with Crippen LogP contribution in [0.3, 0.4) is 0 Å². The largest absolute Gasteiger partial charge is 0.392 e. The first-order valence-electron chi connectivity index (χ1n) is 5.96. The molecule has 16 heavy (non-hydrogen) atoms. The molecule has 5 heteroatoms. The summed E-state index contributed by atoms with van der Waals surface area (Å²) in [5.41, 5.74) is 0. The molecule has 1 aliphatic rings. The van der Waals surface area contributed by atoms with Gasteiger partial charge in [-0.05, 0) is 19.8 Å². The van der Waals surface area contributed by atoms with Crippen LogP contribution in [0.4, 0.5) is 0 Å². The molecule has 0 radical (unpaired) electrons. The van der Waals surface area contributed by atoms with Gasteiger partial charge in [-0.2, -0.15) is 4.98 Å². The lowest BCUT2D eigenvalue weighted by molar-refractivity contribution is 0.0910. The standard InChI is InChI=1S/C11H19N3O2/c1-8-13-11(16-14-8)6-7-12-9-4-2-3-5-10(9)15/h9-10,12,15H,2-7H2,1H3/t9-,10-/m1/s1. The summed E-state index contributed by atoms with van der Waals surface area (Å²) in [5, 5.41) is 16.8.